The first-order valence-corrected chi connectivity index (χ1v) is 9.73. The zero-order valence-electron chi connectivity index (χ0n) is 17.3. The Morgan fingerprint density at radius 3 is 2.52 bits per heavy atom. The number of halogens is 3. The maximum absolute atomic E-state index is 13.6. The lowest BCUT2D eigenvalue weighted by atomic mass is 9.95. The van der Waals surface area contributed by atoms with Gasteiger partial charge in [-0.15, -0.1) is 0 Å². The molecule has 0 saturated carbocycles. The highest BCUT2D eigenvalue weighted by Gasteiger charge is 2.41. The van der Waals surface area contributed by atoms with Crippen molar-refractivity contribution in [2.24, 2.45) is 0 Å². The van der Waals surface area contributed by atoms with Gasteiger partial charge in [0.25, 0.3) is 5.91 Å². The number of rotatable bonds is 5. The highest BCUT2D eigenvalue weighted by molar-refractivity contribution is 5.99. The predicted octanol–water partition coefficient (Wildman–Crippen LogP) is 3.81. The third-order valence-corrected chi connectivity index (χ3v) is 4.81. The van der Waals surface area contributed by atoms with E-state index in [4.69, 9.17) is 9.47 Å². The van der Waals surface area contributed by atoms with Gasteiger partial charge in [-0.3, -0.25) is 9.59 Å². The van der Waals surface area contributed by atoms with Crippen molar-refractivity contribution in [1.82, 2.24) is 10.2 Å². The van der Waals surface area contributed by atoms with E-state index in [1.165, 1.54) is 37.4 Å². The van der Waals surface area contributed by atoms with Crippen LogP contribution in [0.25, 0.3) is 0 Å². The molecule has 9 heteroatoms. The van der Waals surface area contributed by atoms with Crippen molar-refractivity contribution in [2.75, 3.05) is 20.2 Å². The first-order chi connectivity index (χ1) is 14.6. The van der Waals surface area contributed by atoms with Crippen molar-refractivity contribution >= 4 is 11.8 Å². The molecule has 0 aromatic heterocycles. The minimum Gasteiger partial charge on any atom is -0.493 e. The van der Waals surface area contributed by atoms with Crippen LogP contribution in [0, 0.1) is 0 Å². The molecule has 1 atom stereocenters. The molecule has 0 bridgehead atoms. The molecule has 1 fully saturated rings. The number of amides is 2. The van der Waals surface area contributed by atoms with Gasteiger partial charge < -0.3 is 19.7 Å². The van der Waals surface area contributed by atoms with Crippen molar-refractivity contribution < 1.29 is 32.2 Å². The van der Waals surface area contributed by atoms with E-state index in [1.54, 1.807) is 6.07 Å². The fourth-order valence-corrected chi connectivity index (χ4v) is 3.51. The summed E-state index contributed by atoms with van der Waals surface area (Å²) in [5, 5.41) is 2.55. The van der Waals surface area contributed by atoms with Gasteiger partial charge in [-0.2, -0.15) is 13.2 Å². The molecule has 2 amide bonds. The zero-order valence-corrected chi connectivity index (χ0v) is 17.3. The summed E-state index contributed by atoms with van der Waals surface area (Å²) < 4.78 is 51.6. The second-order valence-electron chi connectivity index (χ2n) is 7.31. The Morgan fingerprint density at radius 1 is 1.16 bits per heavy atom. The van der Waals surface area contributed by atoms with Crippen molar-refractivity contribution in [1.29, 1.82) is 0 Å². The van der Waals surface area contributed by atoms with Crippen molar-refractivity contribution in [3.8, 4) is 11.5 Å². The van der Waals surface area contributed by atoms with Crippen LogP contribution in [0.1, 0.15) is 41.4 Å². The first kappa shape index (κ1) is 22.5. The highest BCUT2D eigenvalue weighted by Crippen LogP contribution is 2.38. The average molecular weight is 436 g/mol. The lowest BCUT2D eigenvalue weighted by molar-refractivity contribution is -0.139. The fourth-order valence-electron chi connectivity index (χ4n) is 3.51. The second-order valence-corrected chi connectivity index (χ2v) is 7.31. The minimum absolute atomic E-state index is 0.0635. The van der Waals surface area contributed by atoms with E-state index in [-0.39, 0.29) is 30.3 Å². The van der Waals surface area contributed by atoms with Crippen LogP contribution in [0.3, 0.4) is 0 Å². The van der Waals surface area contributed by atoms with E-state index in [0.29, 0.717) is 11.5 Å². The summed E-state index contributed by atoms with van der Waals surface area (Å²) in [6.45, 7) is 3.88. The summed E-state index contributed by atoms with van der Waals surface area (Å²) in [5.41, 5.74) is -1.04. The van der Waals surface area contributed by atoms with Crippen molar-refractivity contribution in [2.45, 2.75) is 32.2 Å². The van der Waals surface area contributed by atoms with Gasteiger partial charge in [0.1, 0.15) is 6.04 Å². The topological polar surface area (TPSA) is 67.9 Å². The standard InChI is InChI=1S/C22H23F3N2O4/c1-13(2)31-17-9-8-14(12-18(17)30-3)21(29)27-11-10-26-20(28)19(27)15-6-4-5-7-16(15)22(23,24)25/h4-9,12-13,19H,10-11H2,1-3H3,(H,26,28). The van der Waals surface area contributed by atoms with Gasteiger partial charge in [0.2, 0.25) is 5.91 Å². The quantitative estimate of drug-likeness (QED) is 0.774. The third kappa shape index (κ3) is 4.76. The monoisotopic (exact) mass is 436 g/mol. The molecule has 0 aliphatic carbocycles. The highest BCUT2D eigenvalue weighted by atomic mass is 19.4. The van der Waals surface area contributed by atoms with E-state index in [0.717, 1.165) is 11.0 Å². The Balaban J connectivity index is 2.01. The van der Waals surface area contributed by atoms with Crippen LogP contribution in [0.5, 0.6) is 11.5 Å². The molecule has 0 radical (unpaired) electrons. The number of carbonyl (C=O) groups excluding carboxylic acids is 2. The van der Waals surface area contributed by atoms with E-state index in [1.807, 2.05) is 13.8 Å². The lowest BCUT2D eigenvalue weighted by Gasteiger charge is -2.36. The molecule has 166 valence electrons. The third-order valence-electron chi connectivity index (χ3n) is 4.81. The van der Waals surface area contributed by atoms with Crippen LogP contribution >= 0.6 is 0 Å². The van der Waals surface area contributed by atoms with Gasteiger partial charge >= 0.3 is 6.18 Å². The van der Waals surface area contributed by atoms with Crippen molar-refractivity contribution in [3.05, 3.63) is 59.2 Å². The number of carbonyl (C=O) groups is 2. The molecule has 3 rings (SSSR count). The molecule has 1 aliphatic rings. The lowest BCUT2D eigenvalue weighted by Crippen LogP contribution is -2.52. The number of hydrogen-bond donors (Lipinski definition) is 1. The van der Waals surface area contributed by atoms with Crippen LogP contribution in [-0.2, 0) is 11.0 Å². The number of piperazine rings is 1. The summed E-state index contributed by atoms with van der Waals surface area (Å²) in [6.07, 6.45) is -4.79. The number of ether oxygens (including phenoxy) is 2. The van der Waals surface area contributed by atoms with E-state index in [9.17, 15) is 22.8 Å². The Morgan fingerprint density at radius 2 is 1.87 bits per heavy atom. The number of hydrogen-bond acceptors (Lipinski definition) is 4. The summed E-state index contributed by atoms with van der Waals surface area (Å²) in [4.78, 5) is 27.0. The molecule has 1 heterocycles. The van der Waals surface area contributed by atoms with Gasteiger partial charge in [0.15, 0.2) is 11.5 Å². The summed E-state index contributed by atoms with van der Waals surface area (Å²) in [7, 11) is 1.42. The second kappa shape index (κ2) is 8.87. The SMILES string of the molecule is COc1cc(C(=O)N2CCNC(=O)C2c2ccccc2C(F)(F)F)ccc1OC(C)C. The van der Waals surface area contributed by atoms with Crippen LogP contribution in [0.15, 0.2) is 42.5 Å². The van der Waals surface area contributed by atoms with Gasteiger partial charge in [0, 0.05) is 18.7 Å². The number of nitrogens with one attached hydrogen (secondary N) is 1. The molecular weight excluding hydrogens is 413 g/mol. The van der Waals surface area contributed by atoms with E-state index < -0.39 is 29.6 Å². The van der Waals surface area contributed by atoms with Crippen LogP contribution in [0.4, 0.5) is 13.2 Å². The Hall–Kier alpha value is -3.23. The molecular formula is C22H23F3N2O4. The Labute approximate surface area is 177 Å². The van der Waals surface area contributed by atoms with Gasteiger partial charge in [-0.1, -0.05) is 18.2 Å². The molecule has 2 aromatic rings. The molecule has 1 aliphatic heterocycles. The van der Waals surface area contributed by atoms with Gasteiger partial charge in [0.05, 0.1) is 18.8 Å². The molecule has 6 nitrogen and oxygen atoms in total. The van der Waals surface area contributed by atoms with Crippen LogP contribution in [-0.4, -0.2) is 43.0 Å². The average Bonchev–Trinajstić information content (AvgIpc) is 2.72. The van der Waals surface area contributed by atoms with Crippen LogP contribution in [0.2, 0.25) is 0 Å². The molecule has 1 saturated heterocycles. The summed E-state index contributed by atoms with van der Waals surface area (Å²) in [6, 6.07) is 7.90. The summed E-state index contributed by atoms with van der Waals surface area (Å²) in [5.74, 6) is -0.494. The minimum atomic E-state index is -4.66. The molecule has 1 unspecified atom stereocenters. The largest absolute Gasteiger partial charge is 0.493 e. The maximum atomic E-state index is 13.6. The number of nitrogens with zero attached hydrogens (tertiary/aromatic N) is 1. The normalized spacial score (nSPS) is 16.8. The van der Waals surface area contributed by atoms with E-state index in [2.05, 4.69) is 5.32 Å². The van der Waals surface area contributed by atoms with E-state index >= 15 is 0 Å². The van der Waals surface area contributed by atoms with Gasteiger partial charge in [-0.05, 0) is 43.7 Å². The predicted molar refractivity (Wildman–Crippen MR) is 107 cm³/mol. The fraction of sp³-hybridized carbons (Fsp3) is 0.364. The smallest absolute Gasteiger partial charge is 0.416 e. The Kier molecular flexibility index (Phi) is 6.42. The first-order valence-electron chi connectivity index (χ1n) is 9.73. The number of methoxy groups -OCH3 is 1. The molecule has 31 heavy (non-hydrogen) atoms. The Bertz CT molecular complexity index is 975. The van der Waals surface area contributed by atoms with Crippen molar-refractivity contribution in [3.63, 3.8) is 0 Å². The molecule has 2 aromatic carbocycles. The number of benzene rings is 2. The molecule has 1 N–H and O–H groups in total. The number of alkyl halides is 3. The molecule has 0 spiro atoms. The summed E-state index contributed by atoms with van der Waals surface area (Å²) >= 11 is 0. The van der Waals surface area contributed by atoms with Crippen LogP contribution < -0.4 is 14.8 Å². The maximum Gasteiger partial charge on any atom is 0.416 e. The van der Waals surface area contributed by atoms with Gasteiger partial charge in [-0.25, -0.2) is 0 Å². The zero-order chi connectivity index (χ0) is 22.8.